The predicted octanol–water partition coefficient (Wildman–Crippen LogP) is 1.58. The van der Waals surface area contributed by atoms with Crippen molar-refractivity contribution in [1.82, 2.24) is 15.5 Å². The molecule has 0 aromatic rings. The Hall–Kier alpha value is -0.530. The Morgan fingerprint density at radius 2 is 1.95 bits per heavy atom. The number of likely N-dealkylation sites (tertiary alicyclic amines) is 1. The molecule has 0 aromatic heterocycles. The van der Waals surface area contributed by atoms with E-state index in [0.29, 0.717) is 6.04 Å². The smallest absolute Gasteiger partial charge is 0.244 e. The molecule has 1 fully saturated rings. The van der Waals surface area contributed by atoms with Crippen LogP contribution in [0.15, 0.2) is 4.99 Å². The third kappa shape index (κ3) is 6.98. The van der Waals surface area contributed by atoms with Crippen molar-refractivity contribution < 1.29 is 4.79 Å². The molecule has 0 aromatic carbocycles. The summed E-state index contributed by atoms with van der Waals surface area (Å²) in [6.45, 7) is 9.08. The van der Waals surface area contributed by atoms with Crippen LogP contribution in [0.1, 0.15) is 40.0 Å². The van der Waals surface area contributed by atoms with Gasteiger partial charge in [0.25, 0.3) is 0 Å². The van der Waals surface area contributed by atoms with Gasteiger partial charge in [-0.05, 0) is 33.1 Å². The second-order valence-electron chi connectivity index (χ2n) is 4.74. The Bertz CT molecular complexity index is 290. The highest BCUT2D eigenvalue weighted by molar-refractivity contribution is 14.0. The number of amides is 1. The van der Waals surface area contributed by atoms with Gasteiger partial charge in [0.1, 0.15) is 6.54 Å². The zero-order valence-electron chi connectivity index (χ0n) is 12.2. The SMILES string of the molecule is CCNC(=NCC(=O)N1CCCC1)NC(C)CC.I. The number of rotatable bonds is 5. The van der Waals surface area contributed by atoms with Gasteiger partial charge in [-0.25, -0.2) is 4.99 Å². The molecule has 1 unspecified atom stereocenters. The standard InChI is InChI=1S/C13H26N4O.HI/c1-4-11(3)16-13(14-5-2)15-10-12(18)17-8-6-7-9-17;/h11H,4-10H2,1-3H3,(H2,14,15,16);1H. The highest BCUT2D eigenvalue weighted by Crippen LogP contribution is 2.07. The first kappa shape index (κ1) is 18.5. The van der Waals surface area contributed by atoms with Crippen LogP contribution in [-0.4, -0.2) is 49.0 Å². The predicted molar refractivity (Wildman–Crippen MR) is 90.1 cm³/mol. The van der Waals surface area contributed by atoms with Crippen molar-refractivity contribution in [2.24, 2.45) is 4.99 Å². The summed E-state index contributed by atoms with van der Waals surface area (Å²) >= 11 is 0. The number of guanidine groups is 1. The summed E-state index contributed by atoms with van der Waals surface area (Å²) in [6.07, 6.45) is 3.28. The van der Waals surface area contributed by atoms with E-state index in [-0.39, 0.29) is 36.4 Å². The summed E-state index contributed by atoms with van der Waals surface area (Å²) in [4.78, 5) is 18.1. The van der Waals surface area contributed by atoms with Gasteiger partial charge in [-0.3, -0.25) is 4.79 Å². The Kier molecular flexibility index (Phi) is 9.99. The van der Waals surface area contributed by atoms with Gasteiger partial charge in [-0.1, -0.05) is 6.92 Å². The lowest BCUT2D eigenvalue weighted by Crippen LogP contribution is -2.42. The Morgan fingerprint density at radius 3 is 2.47 bits per heavy atom. The van der Waals surface area contributed by atoms with Crippen LogP contribution in [0, 0.1) is 0 Å². The fourth-order valence-electron chi connectivity index (χ4n) is 1.87. The second kappa shape index (κ2) is 10.3. The lowest BCUT2D eigenvalue weighted by molar-refractivity contribution is -0.128. The number of carbonyl (C=O) groups excluding carboxylic acids is 1. The van der Waals surface area contributed by atoms with Gasteiger partial charge in [0, 0.05) is 25.7 Å². The average molecular weight is 382 g/mol. The van der Waals surface area contributed by atoms with E-state index in [1.807, 2.05) is 11.8 Å². The van der Waals surface area contributed by atoms with E-state index in [4.69, 9.17) is 0 Å². The van der Waals surface area contributed by atoms with Crippen molar-refractivity contribution in [3.05, 3.63) is 0 Å². The van der Waals surface area contributed by atoms with E-state index in [2.05, 4.69) is 29.5 Å². The Morgan fingerprint density at radius 1 is 1.32 bits per heavy atom. The zero-order valence-corrected chi connectivity index (χ0v) is 14.6. The van der Waals surface area contributed by atoms with Gasteiger partial charge in [0.15, 0.2) is 5.96 Å². The molecule has 1 amide bonds. The molecule has 2 N–H and O–H groups in total. The van der Waals surface area contributed by atoms with Gasteiger partial charge < -0.3 is 15.5 Å². The molecule has 5 nitrogen and oxygen atoms in total. The molecule has 1 heterocycles. The van der Waals surface area contributed by atoms with Crippen molar-refractivity contribution in [2.45, 2.75) is 46.1 Å². The molecular weight excluding hydrogens is 355 g/mol. The van der Waals surface area contributed by atoms with Crippen molar-refractivity contribution >= 4 is 35.8 Å². The summed E-state index contributed by atoms with van der Waals surface area (Å²) in [7, 11) is 0. The fourth-order valence-corrected chi connectivity index (χ4v) is 1.87. The Labute approximate surface area is 133 Å². The van der Waals surface area contributed by atoms with Crippen LogP contribution in [0.25, 0.3) is 0 Å². The third-order valence-corrected chi connectivity index (χ3v) is 3.17. The van der Waals surface area contributed by atoms with Crippen LogP contribution < -0.4 is 10.6 Å². The maximum absolute atomic E-state index is 11.9. The van der Waals surface area contributed by atoms with Crippen LogP contribution >= 0.6 is 24.0 Å². The molecule has 0 saturated carbocycles. The monoisotopic (exact) mass is 382 g/mol. The number of nitrogens with one attached hydrogen (secondary N) is 2. The first-order valence-electron chi connectivity index (χ1n) is 7.00. The summed E-state index contributed by atoms with van der Waals surface area (Å²) in [5.41, 5.74) is 0. The van der Waals surface area contributed by atoms with E-state index in [1.54, 1.807) is 0 Å². The van der Waals surface area contributed by atoms with Gasteiger partial charge in [-0.15, -0.1) is 24.0 Å². The molecule has 1 rings (SSSR count). The molecule has 19 heavy (non-hydrogen) atoms. The lowest BCUT2D eigenvalue weighted by atomic mass is 10.3. The van der Waals surface area contributed by atoms with Crippen molar-refractivity contribution in [2.75, 3.05) is 26.2 Å². The number of aliphatic imine (C=N–C) groups is 1. The van der Waals surface area contributed by atoms with Crippen molar-refractivity contribution in [1.29, 1.82) is 0 Å². The highest BCUT2D eigenvalue weighted by Gasteiger charge is 2.17. The van der Waals surface area contributed by atoms with E-state index in [0.717, 1.165) is 44.9 Å². The van der Waals surface area contributed by atoms with E-state index >= 15 is 0 Å². The second-order valence-corrected chi connectivity index (χ2v) is 4.74. The summed E-state index contributed by atoms with van der Waals surface area (Å²) in [6, 6.07) is 0.365. The number of nitrogens with zero attached hydrogens (tertiary/aromatic N) is 2. The van der Waals surface area contributed by atoms with Crippen molar-refractivity contribution in [3.8, 4) is 0 Å². The molecule has 0 aliphatic carbocycles. The first-order valence-corrected chi connectivity index (χ1v) is 7.00. The maximum Gasteiger partial charge on any atom is 0.244 e. The number of hydrogen-bond acceptors (Lipinski definition) is 2. The average Bonchev–Trinajstić information content (AvgIpc) is 2.89. The molecule has 0 bridgehead atoms. The summed E-state index contributed by atoms with van der Waals surface area (Å²) < 4.78 is 0. The van der Waals surface area contributed by atoms with E-state index in [9.17, 15) is 4.79 Å². The van der Waals surface area contributed by atoms with Crippen LogP contribution in [0.4, 0.5) is 0 Å². The van der Waals surface area contributed by atoms with Crippen LogP contribution in [-0.2, 0) is 4.79 Å². The molecular formula is C13H27IN4O. The third-order valence-electron chi connectivity index (χ3n) is 3.17. The minimum Gasteiger partial charge on any atom is -0.357 e. The topological polar surface area (TPSA) is 56.7 Å². The lowest BCUT2D eigenvalue weighted by Gasteiger charge is -2.17. The minimum absolute atomic E-state index is 0. The highest BCUT2D eigenvalue weighted by atomic mass is 127. The zero-order chi connectivity index (χ0) is 13.4. The quantitative estimate of drug-likeness (QED) is 0.431. The number of hydrogen-bond donors (Lipinski definition) is 2. The summed E-state index contributed by atoms with van der Waals surface area (Å²) in [5.74, 6) is 0.869. The molecule has 1 saturated heterocycles. The Balaban J connectivity index is 0.00000324. The summed E-state index contributed by atoms with van der Waals surface area (Å²) in [5, 5.41) is 6.44. The van der Waals surface area contributed by atoms with Gasteiger partial charge in [0.2, 0.25) is 5.91 Å². The maximum atomic E-state index is 11.9. The molecule has 112 valence electrons. The molecule has 1 aliphatic rings. The van der Waals surface area contributed by atoms with E-state index < -0.39 is 0 Å². The van der Waals surface area contributed by atoms with Gasteiger partial charge in [0.05, 0.1) is 0 Å². The fraction of sp³-hybridized carbons (Fsp3) is 0.846. The van der Waals surface area contributed by atoms with Gasteiger partial charge >= 0.3 is 0 Å². The number of halogens is 1. The minimum atomic E-state index is 0. The molecule has 0 radical (unpaired) electrons. The van der Waals surface area contributed by atoms with Crippen molar-refractivity contribution in [3.63, 3.8) is 0 Å². The first-order chi connectivity index (χ1) is 8.67. The largest absolute Gasteiger partial charge is 0.357 e. The molecule has 0 spiro atoms. The van der Waals surface area contributed by atoms with Crippen LogP contribution in [0.3, 0.4) is 0 Å². The molecule has 1 atom stereocenters. The normalized spacial score (nSPS) is 16.8. The van der Waals surface area contributed by atoms with Gasteiger partial charge in [-0.2, -0.15) is 0 Å². The molecule has 1 aliphatic heterocycles. The number of carbonyl (C=O) groups is 1. The van der Waals surface area contributed by atoms with E-state index in [1.165, 1.54) is 0 Å². The molecule has 6 heteroatoms. The van der Waals surface area contributed by atoms with Crippen LogP contribution in [0.2, 0.25) is 0 Å². The van der Waals surface area contributed by atoms with Crippen LogP contribution in [0.5, 0.6) is 0 Å².